The van der Waals surface area contributed by atoms with Gasteiger partial charge in [0.05, 0.1) is 44.8 Å². The van der Waals surface area contributed by atoms with Gasteiger partial charge in [-0.2, -0.15) is 0 Å². The van der Waals surface area contributed by atoms with Crippen molar-refractivity contribution in [2.75, 3.05) is 6.54 Å². The monoisotopic (exact) mass is 496 g/mol. The van der Waals surface area contributed by atoms with E-state index in [0.717, 1.165) is 33.5 Å². The second-order valence-corrected chi connectivity index (χ2v) is 9.94. The molecule has 5 rings (SSSR count). The van der Waals surface area contributed by atoms with Crippen LogP contribution < -0.4 is 5.56 Å². The number of fused-ring (bicyclic) bond motifs is 2. The number of hydrogen-bond acceptors (Lipinski definition) is 5. The van der Waals surface area contributed by atoms with Gasteiger partial charge >= 0.3 is 0 Å². The Morgan fingerprint density at radius 3 is 2.61 bits per heavy atom. The fourth-order valence-electron chi connectivity index (χ4n) is 4.56. The molecule has 2 aromatic heterocycles. The van der Waals surface area contributed by atoms with Crippen molar-refractivity contribution < 1.29 is 4.79 Å². The Kier molecular flexibility index (Phi) is 6.65. The number of carbonyl (C=O) groups excluding carboxylic acids is 1. The minimum absolute atomic E-state index is 0.0140. The van der Waals surface area contributed by atoms with E-state index in [0.29, 0.717) is 29.7 Å². The number of hydrogen-bond donors (Lipinski definition) is 0. The van der Waals surface area contributed by atoms with E-state index < -0.39 is 6.04 Å². The fourth-order valence-corrected chi connectivity index (χ4v) is 5.27. The Morgan fingerprint density at radius 2 is 1.83 bits per heavy atom. The molecule has 0 fully saturated rings. The van der Waals surface area contributed by atoms with Crippen LogP contribution in [0.25, 0.3) is 26.8 Å². The average Bonchev–Trinajstić information content (AvgIpc) is 3.36. The molecule has 2 heterocycles. The summed E-state index contributed by atoms with van der Waals surface area (Å²) in [6.07, 6.45) is 1.10. The third-order valence-corrected chi connectivity index (χ3v) is 7.27. The first-order valence-corrected chi connectivity index (χ1v) is 13.0. The Morgan fingerprint density at radius 1 is 1.06 bits per heavy atom. The highest BCUT2D eigenvalue weighted by Crippen LogP contribution is 2.26. The zero-order valence-electron chi connectivity index (χ0n) is 20.6. The molecule has 0 spiro atoms. The number of aryl methyl sites for hydroxylation is 1. The quantitative estimate of drug-likeness (QED) is 0.284. The van der Waals surface area contributed by atoms with E-state index in [1.54, 1.807) is 16.1 Å². The van der Waals surface area contributed by atoms with Gasteiger partial charge in [-0.25, -0.2) is 9.97 Å². The van der Waals surface area contributed by atoms with Crippen LogP contribution in [0.3, 0.4) is 0 Å². The van der Waals surface area contributed by atoms with Gasteiger partial charge in [-0.05, 0) is 56.2 Å². The van der Waals surface area contributed by atoms with E-state index >= 15 is 0 Å². The maximum atomic E-state index is 13.8. The van der Waals surface area contributed by atoms with Crippen LogP contribution in [0, 0.1) is 6.92 Å². The van der Waals surface area contributed by atoms with Gasteiger partial charge in [0.2, 0.25) is 5.91 Å². The summed E-state index contributed by atoms with van der Waals surface area (Å²) in [6.45, 7) is 6.62. The molecule has 7 heteroatoms. The Labute approximate surface area is 213 Å². The van der Waals surface area contributed by atoms with Crippen LogP contribution in [0.4, 0.5) is 0 Å². The summed E-state index contributed by atoms with van der Waals surface area (Å²) < 4.78 is 2.65. The van der Waals surface area contributed by atoms with Gasteiger partial charge < -0.3 is 4.90 Å². The first-order chi connectivity index (χ1) is 17.5. The van der Waals surface area contributed by atoms with Gasteiger partial charge in [-0.3, -0.25) is 14.2 Å². The number of para-hydroxylation sites is 1. The first kappa shape index (κ1) is 23.9. The van der Waals surface area contributed by atoms with E-state index in [4.69, 9.17) is 4.98 Å². The molecule has 1 amide bonds. The van der Waals surface area contributed by atoms with Gasteiger partial charge in [-0.15, -0.1) is 11.3 Å². The molecule has 6 nitrogen and oxygen atoms in total. The summed E-state index contributed by atoms with van der Waals surface area (Å²) >= 11 is 1.53. The lowest BCUT2D eigenvalue weighted by Crippen LogP contribution is -2.38. The number of benzene rings is 3. The second-order valence-electron chi connectivity index (χ2n) is 9.06. The number of rotatable bonds is 7. The molecule has 3 aromatic carbocycles. The zero-order chi connectivity index (χ0) is 25.2. The van der Waals surface area contributed by atoms with Gasteiger partial charge in [0.1, 0.15) is 5.82 Å². The summed E-state index contributed by atoms with van der Waals surface area (Å²) in [6, 6.07) is 20.8. The molecule has 1 atom stereocenters. The van der Waals surface area contributed by atoms with Crippen LogP contribution in [0.15, 0.2) is 77.0 Å². The van der Waals surface area contributed by atoms with E-state index in [1.165, 1.54) is 11.3 Å². The number of nitrogens with zero attached hydrogens (tertiary/aromatic N) is 4. The first-order valence-electron chi connectivity index (χ1n) is 12.2. The second kappa shape index (κ2) is 10.0. The van der Waals surface area contributed by atoms with Gasteiger partial charge in [0.25, 0.3) is 5.56 Å². The van der Waals surface area contributed by atoms with Crippen molar-refractivity contribution in [2.24, 2.45) is 0 Å². The van der Waals surface area contributed by atoms with E-state index in [-0.39, 0.29) is 11.5 Å². The predicted octanol–water partition coefficient (Wildman–Crippen LogP) is 5.85. The summed E-state index contributed by atoms with van der Waals surface area (Å²) in [4.78, 5) is 38.5. The molecule has 0 aliphatic heterocycles. The molecular weight excluding hydrogens is 468 g/mol. The molecular formula is C29H28N4O2S. The number of aromatic nitrogens is 3. The minimum atomic E-state index is -0.405. The predicted molar refractivity (Wildman–Crippen MR) is 146 cm³/mol. The third-order valence-electron chi connectivity index (χ3n) is 6.48. The number of amides is 1. The van der Waals surface area contributed by atoms with Crippen LogP contribution in [0.1, 0.15) is 43.3 Å². The molecule has 0 unspecified atom stereocenters. The van der Waals surface area contributed by atoms with Crippen molar-refractivity contribution in [1.29, 1.82) is 0 Å². The Hall–Kier alpha value is -3.84. The lowest BCUT2D eigenvalue weighted by molar-refractivity contribution is -0.132. The minimum Gasteiger partial charge on any atom is -0.332 e. The standard InChI is InChI=1S/C29H28N4O2S/c1-4-15-32(27(34)16-21-11-9-19(2)10-12-21)20(3)28-31-24-8-6-5-7-23(24)29(35)33(28)22-13-14-25-26(17-22)36-18-30-25/h5-14,17-18,20H,4,15-16H2,1-3H3/t20-/m1/s1. The molecule has 0 aliphatic carbocycles. The van der Waals surface area contributed by atoms with Crippen LogP contribution in [0.2, 0.25) is 0 Å². The molecule has 0 N–H and O–H groups in total. The third kappa shape index (κ3) is 4.54. The van der Waals surface area contributed by atoms with E-state index in [1.807, 2.05) is 79.4 Å². The Balaban J connectivity index is 1.63. The van der Waals surface area contributed by atoms with Crippen molar-refractivity contribution in [3.8, 4) is 5.69 Å². The lowest BCUT2D eigenvalue weighted by Gasteiger charge is -2.30. The number of carbonyl (C=O) groups is 1. The molecule has 0 bridgehead atoms. The average molecular weight is 497 g/mol. The molecule has 182 valence electrons. The molecule has 0 aliphatic rings. The van der Waals surface area contributed by atoms with Crippen molar-refractivity contribution in [2.45, 2.75) is 39.7 Å². The molecule has 0 radical (unpaired) electrons. The topological polar surface area (TPSA) is 68.1 Å². The van der Waals surface area contributed by atoms with E-state index in [2.05, 4.69) is 11.9 Å². The zero-order valence-corrected chi connectivity index (χ0v) is 21.5. The van der Waals surface area contributed by atoms with Crippen LogP contribution in [-0.4, -0.2) is 31.9 Å². The summed E-state index contributed by atoms with van der Waals surface area (Å²) in [5.41, 5.74) is 6.02. The van der Waals surface area contributed by atoms with Crippen LogP contribution in [0.5, 0.6) is 0 Å². The highest BCUT2D eigenvalue weighted by Gasteiger charge is 2.26. The highest BCUT2D eigenvalue weighted by molar-refractivity contribution is 7.16. The van der Waals surface area contributed by atoms with Crippen molar-refractivity contribution in [1.82, 2.24) is 19.4 Å². The van der Waals surface area contributed by atoms with Crippen molar-refractivity contribution >= 4 is 38.4 Å². The molecule has 5 aromatic rings. The normalized spacial score (nSPS) is 12.2. The lowest BCUT2D eigenvalue weighted by atomic mass is 10.1. The summed E-state index contributed by atoms with van der Waals surface area (Å²) in [7, 11) is 0. The van der Waals surface area contributed by atoms with Gasteiger partial charge in [0, 0.05) is 6.54 Å². The van der Waals surface area contributed by atoms with Crippen molar-refractivity contribution in [3.63, 3.8) is 0 Å². The fraction of sp³-hybridized carbons (Fsp3) is 0.241. The van der Waals surface area contributed by atoms with Crippen LogP contribution in [-0.2, 0) is 11.2 Å². The summed E-state index contributed by atoms with van der Waals surface area (Å²) in [5, 5.41) is 0.547. The molecule has 0 saturated heterocycles. The van der Waals surface area contributed by atoms with Crippen molar-refractivity contribution in [3.05, 3.63) is 99.5 Å². The SMILES string of the molecule is CCCN(C(=O)Cc1ccc(C)cc1)[C@H](C)c1nc2ccccc2c(=O)n1-c1ccc2ncsc2c1. The summed E-state index contributed by atoms with van der Waals surface area (Å²) in [5.74, 6) is 0.563. The highest BCUT2D eigenvalue weighted by atomic mass is 32.1. The number of thiazole rings is 1. The van der Waals surface area contributed by atoms with E-state index in [9.17, 15) is 9.59 Å². The molecule has 0 saturated carbocycles. The smallest absolute Gasteiger partial charge is 0.266 e. The molecule has 36 heavy (non-hydrogen) atoms. The van der Waals surface area contributed by atoms with Gasteiger partial charge in [0.15, 0.2) is 0 Å². The maximum Gasteiger partial charge on any atom is 0.266 e. The largest absolute Gasteiger partial charge is 0.332 e. The Bertz CT molecular complexity index is 1600. The van der Waals surface area contributed by atoms with Gasteiger partial charge in [-0.1, -0.05) is 48.9 Å². The van der Waals surface area contributed by atoms with Crippen LogP contribution >= 0.6 is 11.3 Å². The maximum absolute atomic E-state index is 13.8.